The molecule has 0 heterocycles. The maximum atomic E-state index is 13.2. The molecule has 5 unspecified atom stereocenters. The number of hydrogen-bond donors (Lipinski definition) is 0. The normalized spacial score (nSPS) is 44.3. The van der Waals surface area contributed by atoms with Crippen LogP contribution in [0.1, 0.15) is 139 Å². The van der Waals surface area contributed by atoms with Crippen LogP contribution in [0.3, 0.4) is 0 Å². The van der Waals surface area contributed by atoms with E-state index >= 15 is 0 Å². The maximum Gasteiger partial charge on any atom is 0.306 e. The molecule has 0 radical (unpaired) electrons. The summed E-state index contributed by atoms with van der Waals surface area (Å²) >= 11 is 0. The molecule has 5 heteroatoms. The summed E-state index contributed by atoms with van der Waals surface area (Å²) in [6.45, 7) is 23.2. The topological polar surface area (TPSA) is 69.7 Å². The van der Waals surface area contributed by atoms with Crippen LogP contribution in [0.2, 0.25) is 0 Å². The summed E-state index contributed by atoms with van der Waals surface area (Å²) in [7, 11) is 1.39. The SMILES string of the molecule is C=C(C)C1CC[C@]2(CC=O)CC[C@]3(C)C(CCC4[C@@]5(C)CC[C@H](OC(=O)CC(C)(C)CC(=O)OC)C(C)(C)C5CC[C@]43C)C12. The predicted octanol–water partition coefficient (Wildman–Crippen LogP) is 9.12. The van der Waals surface area contributed by atoms with Crippen molar-refractivity contribution in [2.45, 2.75) is 145 Å². The highest BCUT2D eigenvalue weighted by atomic mass is 16.5. The summed E-state index contributed by atoms with van der Waals surface area (Å²) in [5, 5.41) is 0. The second-order valence-electron chi connectivity index (χ2n) is 18.4. The summed E-state index contributed by atoms with van der Waals surface area (Å²) < 4.78 is 11.2. The van der Waals surface area contributed by atoms with E-state index in [1.54, 1.807) is 0 Å². The third-order valence-electron chi connectivity index (χ3n) is 15.4. The van der Waals surface area contributed by atoms with Crippen LogP contribution in [0.5, 0.6) is 0 Å². The summed E-state index contributed by atoms with van der Waals surface area (Å²) in [6, 6.07) is 0. The highest BCUT2D eigenvalue weighted by Gasteiger charge is 2.71. The number of rotatable bonds is 8. The molecule has 5 nitrogen and oxygen atoms in total. The molecule has 5 rings (SSSR count). The minimum absolute atomic E-state index is 0.105. The third kappa shape index (κ3) is 5.04. The van der Waals surface area contributed by atoms with E-state index in [0.29, 0.717) is 29.6 Å². The van der Waals surface area contributed by atoms with Gasteiger partial charge in [0.1, 0.15) is 12.4 Å². The molecule has 5 aliphatic carbocycles. The lowest BCUT2D eigenvalue weighted by molar-refractivity contribution is -0.250. The molecule has 0 N–H and O–H groups in total. The Hall–Kier alpha value is -1.65. The van der Waals surface area contributed by atoms with Crippen LogP contribution in [0, 0.1) is 62.1 Å². The number of carbonyl (C=O) groups excluding carboxylic acids is 3. The van der Waals surface area contributed by atoms with Crippen molar-refractivity contribution < 1.29 is 23.9 Å². The molecule has 0 aromatic carbocycles. The second kappa shape index (κ2) is 11.3. The molecule has 5 aliphatic rings. The lowest BCUT2D eigenvalue weighted by atomic mass is 9.32. The second-order valence-corrected chi connectivity index (χ2v) is 18.4. The fraction of sp³-hybridized carbons (Fsp3) is 0.872. The van der Waals surface area contributed by atoms with E-state index in [4.69, 9.17) is 9.47 Å². The molecular weight excluding hydrogens is 548 g/mol. The zero-order valence-electron chi connectivity index (χ0n) is 29.5. The number of esters is 2. The summed E-state index contributed by atoms with van der Waals surface area (Å²) in [4.78, 5) is 37.2. The summed E-state index contributed by atoms with van der Waals surface area (Å²) in [5.41, 5.74) is 1.62. The van der Waals surface area contributed by atoms with Gasteiger partial charge in [0.2, 0.25) is 0 Å². The molecule has 0 aliphatic heterocycles. The Bertz CT molecular complexity index is 1170. The fourth-order valence-corrected chi connectivity index (χ4v) is 13.1. The molecule has 248 valence electrons. The molecule has 44 heavy (non-hydrogen) atoms. The number of fused-ring (bicyclic) bond motifs is 7. The molecule has 5 fully saturated rings. The first-order chi connectivity index (χ1) is 20.4. The fourth-order valence-electron chi connectivity index (χ4n) is 13.1. The van der Waals surface area contributed by atoms with Crippen LogP contribution in [0.4, 0.5) is 0 Å². The average Bonchev–Trinajstić information content (AvgIpc) is 3.30. The van der Waals surface area contributed by atoms with Gasteiger partial charge >= 0.3 is 11.9 Å². The van der Waals surface area contributed by atoms with E-state index in [9.17, 15) is 14.4 Å². The van der Waals surface area contributed by atoms with Gasteiger partial charge in [-0.1, -0.05) is 60.6 Å². The van der Waals surface area contributed by atoms with Gasteiger partial charge in [-0.15, -0.1) is 0 Å². The van der Waals surface area contributed by atoms with Gasteiger partial charge < -0.3 is 14.3 Å². The Morgan fingerprint density at radius 1 is 0.841 bits per heavy atom. The Balaban J connectivity index is 1.37. The van der Waals surface area contributed by atoms with Crippen LogP contribution >= 0.6 is 0 Å². The molecule has 0 saturated heterocycles. The van der Waals surface area contributed by atoms with Gasteiger partial charge in [-0.05, 0) is 128 Å². The van der Waals surface area contributed by atoms with Crippen LogP contribution in [-0.4, -0.2) is 31.4 Å². The minimum atomic E-state index is -0.496. The van der Waals surface area contributed by atoms with Crippen molar-refractivity contribution in [2.24, 2.45) is 62.1 Å². The predicted molar refractivity (Wildman–Crippen MR) is 175 cm³/mol. The number of allylic oxidation sites excluding steroid dienone is 1. The Kier molecular flexibility index (Phi) is 8.62. The molecule has 0 amide bonds. The molecule has 10 atom stereocenters. The third-order valence-corrected chi connectivity index (χ3v) is 15.4. The first-order valence-electron chi connectivity index (χ1n) is 17.8. The van der Waals surface area contributed by atoms with E-state index < -0.39 is 5.41 Å². The van der Waals surface area contributed by atoms with Gasteiger partial charge in [0.05, 0.1) is 20.0 Å². The van der Waals surface area contributed by atoms with Gasteiger partial charge in [-0.25, -0.2) is 0 Å². The van der Waals surface area contributed by atoms with E-state index in [1.165, 1.54) is 70.3 Å². The largest absolute Gasteiger partial charge is 0.469 e. The summed E-state index contributed by atoms with van der Waals surface area (Å²) in [6.07, 6.45) is 14.0. The highest BCUT2D eigenvalue weighted by molar-refractivity contribution is 5.74. The zero-order chi connectivity index (χ0) is 32.5. The van der Waals surface area contributed by atoms with Crippen molar-refractivity contribution in [1.82, 2.24) is 0 Å². The number of carbonyl (C=O) groups is 3. The van der Waals surface area contributed by atoms with Crippen molar-refractivity contribution in [3.8, 4) is 0 Å². The van der Waals surface area contributed by atoms with Gasteiger partial charge in [0.25, 0.3) is 0 Å². The van der Waals surface area contributed by atoms with E-state index in [-0.39, 0.29) is 58.0 Å². The Morgan fingerprint density at radius 3 is 2.16 bits per heavy atom. The van der Waals surface area contributed by atoms with Crippen LogP contribution in [0.15, 0.2) is 12.2 Å². The monoisotopic (exact) mass is 610 g/mol. The van der Waals surface area contributed by atoms with Crippen molar-refractivity contribution in [3.05, 3.63) is 12.2 Å². The Labute approximate surface area is 268 Å². The smallest absolute Gasteiger partial charge is 0.306 e. The molecule has 5 saturated carbocycles. The van der Waals surface area contributed by atoms with Crippen LogP contribution < -0.4 is 0 Å². The van der Waals surface area contributed by atoms with Crippen molar-refractivity contribution in [2.75, 3.05) is 7.11 Å². The molecule has 0 bridgehead atoms. The van der Waals surface area contributed by atoms with E-state index in [1.807, 2.05) is 13.8 Å². The standard InChI is InChI=1S/C39H62O5/c1-25(2)26-13-18-39(21-22-40)20-19-37(8)27(33(26)39)11-12-29-36(7)16-15-30(35(5,6)28(36)14-17-38(29,37)9)44-32(42)24-34(3,4)23-31(41)43-10/h22,26-30,33H,1,11-21,23-24H2,2-10H3/t26?,27?,28?,29?,30-,33?,36-,37+,38+,39+/m0/s1. The van der Waals surface area contributed by atoms with Crippen molar-refractivity contribution in [3.63, 3.8) is 0 Å². The maximum absolute atomic E-state index is 13.2. The average molecular weight is 611 g/mol. The lowest BCUT2D eigenvalue weighted by Crippen LogP contribution is -2.66. The van der Waals surface area contributed by atoms with Crippen LogP contribution in [-0.2, 0) is 23.9 Å². The van der Waals surface area contributed by atoms with E-state index in [0.717, 1.165) is 19.3 Å². The number of ether oxygens (including phenoxy) is 2. The number of aldehydes is 1. The molecule has 0 spiro atoms. The first kappa shape index (κ1) is 33.7. The quantitative estimate of drug-likeness (QED) is 0.156. The van der Waals surface area contributed by atoms with Crippen molar-refractivity contribution in [1.29, 1.82) is 0 Å². The van der Waals surface area contributed by atoms with Crippen LogP contribution in [0.25, 0.3) is 0 Å². The summed E-state index contributed by atoms with van der Waals surface area (Å²) in [5.74, 6) is 2.44. The lowest BCUT2D eigenvalue weighted by Gasteiger charge is -2.73. The molecular formula is C39H62O5. The van der Waals surface area contributed by atoms with Gasteiger partial charge in [-0.3, -0.25) is 9.59 Å². The van der Waals surface area contributed by atoms with Gasteiger partial charge in [0, 0.05) is 11.8 Å². The van der Waals surface area contributed by atoms with Crippen molar-refractivity contribution >= 4 is 18.2 Å². The van der Waals surface area contributed by atoms with Gasteiger partial charge in [0.15, 0.2) is 0 Å². The van der Waals surface area contributed by atoms with Gasteiger partial charge in [-0.2, -0.15) is 0 Å². The molecule has 0 aromatic rings. The minimum Gasteiger partial charge on any atom is -0.469 e. The molecule has 0 aromatic heterocycles. The Morgan fingerprint density at radius 2 is 1.52 bits per heavy atom. The number of methoxy groups -OCH3 is 1. The highest BCUT2D eigenvalue weighted by Crippen LogP contribution is 2.77. The van der Waals surface area contributed by atoms with E-state index in [2.05, 4.69) is 48.1 Å². The zero-order valence-corrected chi connectivity index (χ0v) is 29.5. The number of hydrogen-bond acceptors (Lipinski definition) is 5. The first-order valence-corrected chi connectivity index (χ1v) is 17.8.